The Hall–Kier alpha value is -1.09. The summed E-state index contributed by atoms with van der Waals surface area (Å²) >= 11 is 5.13. The van der Waals surface area contributed by atoms with Gasteiger partial charge >= 0.3 is 0 Å². The van der Waals surface area contributed by atoms with Crippen LogP contribution in [-0.4, -0.2) is 18.1 Å². The second-order valence-electron chi connectivity index (χ2n) is 4.74. The molecule has 1 atom stereocenters. The summed E-state index contributed by atoms with van der Waals surface area (Å²) in [5, 5.41) is 0. The molecule has 1 aromatic rings. The van der Waals surface area contributed by atoms with Crippen LogP contribution in [0.25, 0.3) is 0 Å². The highest BCUT2D eigenvalue weighted by molar-refractivity contribution is 7.80. The molecule has 2 N–H and O–H groups in total. The molecule has 1 aliphatic heterocycles. The van der Waals surface area contributed by atoms with Gasteiger partial charge in [-0.15, -0.1) is 0 Å². The van der Waals surface area contributed by atoms with Crippen molar-refractivity contribution in [3.8, 4) is 0 Å². The zero-order chi connectivity index (χ0) is 12.3. The van der Waals surface area contributed by atoms with Crippen molar-refractivity contribution < 1.29 is 0 Å². The van der Waals surface area contributed by atoms with Crippen molar-refractivity contribution in [3.63, 3.8) is 0 Å². The molecule has 3 heteroatoms. The predicted molar refractivity (Wildman–Crippen MR) is 77.6 cm³/mol. The van der Waals surface area contributed by atoms with Crippen molar-refractivity contribution in [1.29, 1.82) is 0 Å². The molecule has 0 amide bonds. The molecule has 2 rings (SSSR count). The number of benzene rings is 1. The highest BCUT2D eigenvalue weighted by atomic mass is 32.1. The largest absolute Gasteiger partial charge is 0.389 e. The maximum atomic E-state index is 5.79. The third-order valence-corrected chi connectivity index (χ3v) is 3.83. The number of thiocarbonyl (C=S) groups is 1. The summed E-state index contributed by atoms with van der Waals surface area (Å²) in [6, 6.07) is 8.21. The van der Waals surface area contributed by atoms with Gasteiger partial charge in [-0.2, -0.15) is 0 Å². The number of anilines is 1. The lowest BCUT2D eigenvalue weighted by atomic mass is 9.94. The molecule has 92 valence electrons. The van der Waals surface area contributed by atoms with Gasteiger partial charge in [-0.05, 0) is 30.9 Å². The minimum Gasteiger partial charge on any atom is -0.389 e. The second-order valence-corrected chi connectivity index (χ2v) is 5.18. The molecule has 2 nitrogen and oxygen atoms in total. The van der Waals surface area contributed by atoms with E-state index in [1.807, 2.05) is 12.1 Å². The molecular weight excluding hydrogens is 228 g/mol. The first-order valence-electron chi connectivity index (χ1n) is 6.36. The summed E-state index contributed by atoms with van der Waals surface area (Å²) in [7, 11) is 0. The number of hydrogen-bond donors (Lipinski definition) is 1. The molecule has 1 aromatic carbocycles. The van der Waals surface area contributed by atoms with Gasteiger partial charge in [0, 0.05) is 24.3 Å². The number of para-hydroxylation sites is 1. The molecule has 0 aromatic heterocycles. The maximum Gasteiger partial charge on any atom is 0.106 e. The van der Waals surface area contributed by atoms with Gasteiger partial charge in [0.2, 0.25) is 0 Å². The summed E-state index contributed by atoms with van der Waals surface area (Å²) in [5.74, 6) is 0.808. The van der Waals surface area contributed by atoms with Crippen LogP contribution in [-0.2, 0) is 0 Å². The average Bonchev–Trinajstić information content (AvgIpc) is 2.39. The quantitative estimate of drug-likeness (QED) is 0.834. The Morgan fingerprint density at radius 1 is 1.47 bits per heavy atom. The Morgan fingerprint density at radius 2 is 2.24 bits per heavy atom. The molecule has 1 unspecified atom stereocenters. The van der Waals surface area contributed by atoms with Crippen molar-refractivity contribution in [2.75, 3.05) is 18.0 Å². The molecule has 17 heavy (non-hydrogen) atoms. The first-order chi connectivity index (χ1) is 8.22. The fourth-order valence-corrected chi connectivity index (χ4v) is 2.75. The van der Waals surface area contributed by atoms with Crippen LogP contribution >= 0.6 is 12.2 Å². The topological polar surface area (TPSA) is 29.3 Å². The van der Waals surface area contributed by atoms with Gasteiger partial charge in [0.15, 0.2) is 0 Å². The van der Waals surface area contributed by atoms with E-state index in [0.717, 1.165) is 24.6 Å². The van der Waals surface area contributed by atoms with Crippen molar-refractivity contribution in [2.45, 2.75) is 26.2 Å². The van der Waals surface area contributed by atoms with E-state index in [-0.39, 0.29) is 0 Å². The van der Waals surface area contributed by atoms with Crippen LogP contribution in [0.3, 0.4) is 0 Å². The molecule has 0 aliphatic carbocycles. The van der Waals surface area contributed by atoms with Gasteiger partial charge < -0.3 is 10.6 Å². The summed E-state index contributed by atoms with van der Waals surface area (Å²) in [4.78, 5) is 2.94. The van der Waals surface area contributed by atoms with Gasteiger partial charge in [-0.25, -0.2) is 0 Å². The molecule has 0 spiro atoms. The standard InChI is InChI=1S/C14H20N2S/c1-2-11-6-5-9-16(10-11)13-8-4-3-7-12(13)14(15)17/h3-4,7-8,11H,2,5-6,9-10H2,1H3,(H2,15,17). The van der Waals surface area contributed by atoms with Gasteiger partial charge in [0.05, 0.1) is 0 Å². The highest BCUT2D eigenvalue weighted by Gasteiger charge is 2.20. The Morgan fingerprint density at radius 3 is 2.94 bits per heavy atom. The third-order valence-electron chi connectivity index (χ3n) is 3.61. The minimum atomic E-state index is 0.499. The molecule has 1 aliphatic rings. The zero-order valence-corrected chi connectivity index (χ0v) is 11.2. The van der Waals surface area contributed by atoms with Crippen LogP contribution in [0.4, 0.5) is 5.69 Å². The van der Waals surface area contributed by atoms with E-state index in [1.54, 1.807) is 0 Å². The molecule has 0 radical (unpaired) electrons. The third kappa shape index (κ3) is 2.78. The number of rotatable bonds is 3. The second kappa shape index (κ2) is 5.50. The molecule has 0 bridgehead atoms. The predicted octanol–water partition coefficient (Wildman–Crippen LogP) is 2.95. The lowest BCUT2D eigenvalue weighted by molar-refractivity contribution is 0.404. The van der Waals surface area contributed by atoms with Crippen LogP contribution in [0, 0.1) is 5.92 Å². The number of nitrogens with two attached hydrogens (primary N) is 1. The number of nitrogens with zero attached hydrogens (tertiary/aromatic N) is 1. The lowest BCUT2D eigenvalue weighted by Crippen LogP contribution is -2.36. The first-order valence-corrected chi connectivity index (χ1v) is 6.77. The van der Waals surface area contributed by atoms with E-state index in [2.05, 4.69) is 24.0 Å². The highest BCUT2D eigenvalue weighted by Crippen LogP contribution is 2.27. The van der Waals surface area contributed by atoms with Crippen LogP contribution < -0.4 is 10.6 Å². The van der Waals surface area contributed by atoms with Gasteiger partial charge in [-0.1, -0.05) is 37.7 Å². The molecule has 0 saturated carbocycles. The fourth-order valence-electron chi connectivity index (χ4n) is 2.57. The van der Waals surface area contributed by atoms with E-state index < -0.39 is 0 Å². The fraction of sp³-hybridized carbons (Fsp3) is 0.500. The Bertz CT molecular complexity index is 403. The SMILES string of the molecule is CCC1CCCN(c2ccccc2C(N)=S)C1. The maximum absolute atomic E-state index is 5.79. The van der Waals surface area contributed by atoms with E-state index >= 15 is 0 Å². The summed E-state index contributed by atoms with van der Waals surface area (Å²) in [6.07, 6.45) is 3.87. The van der Waals surface area contributed by atoms with Crippen molar-refractivity contribution in [2.24, 2.45) is 11.7 Å². The summed E-state index contributed by atoms with van der Waals surface area (Å²) in [6.45, 7) is 4.53. The van der Waals surface area contributed by atoms with Gasteiger partial charge in [0.25, 0.3) is 0 Å². The van der Waals surface area contributed by atoms with Crippen molar-refractivity contribution in [1.82, 2.24) is 0 Å². The normalized spacial score (nSPS) is 20.3. The van der Waals surface area contributed by atoms with Crippen LogP contribution in [0.1, 0.15) is 31.7 Å². The Labute approximate surface area is 109 Å². The van der Waals surface area contributed by atoms with Crippen LogP contribution in [0.5, 0.6) is 0 Å². The first kappa shape index (κ1) is 12.4. The smallest absolute Gasteiger partial charge is 0.106 e. The Balaban J connectivity index is 2.24. The molecule has 1 heterocycles. The van der Waals surface area contributed by atoms with Crippen LogP contribution in [0.2, 0.25) is 0 Å². The van der Waals surface area contributed by atoms with Crippen LogP contribution in [0.15, 0.2) is 24.3 Å². The Kier molecular flexibility index (Phi) is 4.00. The van der Waals surface area contributed by atoms with Crippen molar-refractivity contribution in [3.05, 3.63) is 29.8 Å². The van der Waals surface area contributed by atoms with E-state index in [4.69, 9.17) is 18.0 Å². The monoisotopic (exact) mass is 248 g/mol. The summed E-state index contributed by atoms with van der Waals surface area (Å²) < 4.78 is 0. The molecule has 1 fully saturated rings. The van der Waals surface area contributed by atoms with E-state index in [1.165, 1.54) is 24.9 Å². The molecule has 1 saturated heterocycles. The van der Waals surface area contributed by atoms with E-state index in [0.29, 0.717) is 4.99 Å². The average molecular weight is 248 g/mol. The van der Waals surface area contributed by atoms with E-state index in [9.17, 15) is 0 Å². The lowest BCUT2D eigenvalue weighted by Gasteiger charge is -2.35. The number of hydrogen-bond acceptors (Lipinski definition) is 2. The minimum absolute atomic E-state index is 0.499. The number of piperidine rings is 1. The van der Waals surface area contributed by atoms with Crippen molar-refractivity contribution >= 4 is 22.9 Å². The zero-order valence-electron chi connectivity index (χ0n) is 10.4. The summed E-state index contributed by atoms with van der Waals surface area (Å²) in [5.41, 5.74) is 8.01. The van der Waals surface area contributed by atoms with Gasteiger partial charge in [-0.3, -0.25) is 0 Å². The van der Waals surface area contributed by atoms with Gasteiger partial charge in [0.1, 0.15) is 4.99 Å². The molecular formula is C14H20N2S.